The van der Waals surface area contributed by atoms with E-state index in [9.17, 15) is 13.2 Å². The highest BCUT2D eigenvalue weighted by Gasteiger charge is 2.40. The first-order valence-electron chi connectivity index (χ1n) is 5.87. The van der Waals surface area contributed by atoms with E-state index in [4.69, 9.17) is 5.14 Å². The summed E-state index contributed by atoms with van der Waals surface area (Å²) in [6.45, 7) is 0.810. The van der Waals surface area contributed by atoms with E-state index >= 15 is 0 Å². The predicted octanol–water partition coefficient (Wildman–Crippen LogP) is 1.02. The van der Waals surface area contributed by atoms with Gasteiger partial charge in [-0.1, -0.05) is 0 Å². The molecule has 5 nitrogen and oxygen atoms in total. The molecule has 1 saturated heterocycles. The van der Waals surface area contributed by atoms with Gasteiger partial charge in [-0.25, -0.2) is 13.6 Å². The van der Waals surface area contributed by atoms with Gasteiger partial charge in [-0.3, -0.25) is 4.79 Å². The lowest BCUT2D eigenvalue weighted by Gasteiger charge is -2.26. The Morgan fingerprint density at radius 3 is 2.72 bits per heavy atom. The Hall–Kier alpha value is -0.920. The van der Waals surface area contributed by atoms with Crippen molar-refractivity contribution in [3.05, 3.63) is 17.0 Å². The van der Waals surface area contributed by atoms with E-state index in [2.05, 4.69) is 0 Å². The van der Waals surface area contributed by atoms with Crippen molar-refractivity contribution in [2.45, 2.75) is 29.5 Å². The highest BCUT2D eigenvalue weighted by atomic mass is 32.2. The molecule has 1 saturated carbocycles. The van der Waals surface area contributed by atoms with E-state index in [1.165, 1.54) is 12.5 Å². The Morgan fingerprint density at radius 1 is 1.44 bits per heavy atom. The normalized spacial score (nSPS) is 26.8. The van der Waals surface area contributed by atoms with Gasteiger partial charge < -0.3 is 4.90 Å². The molecule has 18 heavy (non-hydrogen) atoms. The number of hydrogen-bond acceptors (Lipinski definition) is 4. The summed E-state index contributed by atoms with van der Waals surface area (Å²) in [5.74, 6) is 0.573. The van der Waals surface area contributed by atoms with E-state index in [-0.39, 0.29) is 10.1 Å². The second-order valence-corrected chi connectivity index (χ2v) is 7.69. The van der Waals surface area contributed by atoms with Gasteiger partial charge in [0.25, 0.3) is 5.91 Å². The lowest BCUT2D eigenvalue weighted by atomic mass is 10.1. The summed E-state index contributed by atoms with van der Waals surface area (Å²) in [5, 5.41) is 6.62. The molecule has 1 aromatic rings. The van der Waals surface area contributed by atoms with Crippen LogP contribution in [0.3, 0.4) is 0 Å². The first-order chi connectivity index (χ1) is 8.45. The van der Waals surface area contributed by atoms with Crippen LogP contribution in [0.25, 0.3) is 0 Å². The Morgan fingerprint density at radius 2 is 2.22 bits per heavy atom. The summed E-state index contributed by atoms with van der Waals surface area (Å²) in [4.78, 5) is 14.2. The van der Waals surface area contributed by atoms with Crippen molar-refractivity contribution in [3.63, 3.8) is 0 Å². The maximum Gasteiger partial charge on any atom is 0.255 e. The van der Waals surface area contributed by atoms with E-state index in [1.807, 2.05) is 4.90 Å². The molecule has 1 aromatic heterocycles. The van der Waals surface area contributed by atoms with Gasteiger partial charge in [-0.15, -0.1) is 11.3 Å². The van der Waals surface area contributed by atoms with Crippen LogP contribution in [0, 0.1) is 5.92 Å². The zero-order chi connectivity index (χ0) is 12.9. The van der Waals surface area contributed by atoms with Crippen LogP contribution in [0.1, 0.15) is 29.6 Å². The van der Waals surface area contributed by atoms with Gasteiger partial charge in [0.15, 0.2) is 0 Å². The molecule has 7 heteroatoms. The highest BCUT2D eigenvalue weighted by Crippen LogP contribution is 2.38. The van der Waals surface area contributed by atoms with Crippen LogP contribution >= 0.6 is 11.3 Å². The van der Waals surface area contributed by atoms with Crippen molar-refractivity contribution >= 4 is 27.3 Å². The van der Waals surface area contributed by atoms with E-state index < -0.39 is 10.0 Å². The second-order valence-electron chi connectivity index (χ2n) is 4.99. The minimum absolute atomic E-state index is 0.0511. The molecule has 1 aliphatic carbocycles. The van der Waals surface area contributed by atoms with Crippen molar-refractivity contribution in [1.82, 2.24) is 4.90 Å². The van der Waals surface area contributed by atoms with Gasteiger partial charge in [0.05, 0.1) is 5.56 Å². The number of sulfonamides is 1. The molecule has 2 heterocycles. The first kappa shape index (κ1) is 12.1. The third-order valence-corrected chi connectivity index (χ3v) is 6.16. The van der Waals surface area contributed by atoms with Gasteiger partial charge >= 0.3 is 0 Å². The molecule has 0 radical (unpaired) electrons. The molecule has 2 bridgehead atoms. The molecule has 1 aliphatic heterocycles. The largest absolute Gasteiger partial charge is 0.335 e. The van der Waals surface area contributed by atoms with Crippen LogP contribution in [-0.2, 0) is 10.0 Å². The number of nitrogens with two attached hydrogens (primary N) is 1. The number of fused-ring (bicyclic) bond motifs is 2. The first-order valence-corrected chi connectivity index (χ1v) is 8.30. The topological polar surface area (TPSA) is 80.5 Å². The van der Waals surface area contributed by atoms with Crippen molar-refractivity contribution in [2.24, 2.45) is 11.1 Å². The van der Waals surface area contributed by atoms with Gasteiger partial charge in [-0.05, 0) is 31.2 Å². The Bertz CT molecular complexity index is 593. The van der Waals surface area contributed by atoms with E-state index in [0.717, 1.165) is 30.7 Å². The van der Waals surface area contributed by atoms with Gasteiger partial charge in [0, 0.05) is 18.0 Å². The minimum Gasteiger partial charge on any atom is -0.335 e. The molecule has 3 rings (SSSR count). The molecule has 0 spiro atoms. The third kappa shape index (κ3) is 1.96. The predicted molar refractivity (Wildman–Crippen MR) is 67.9 cm³/mol. The SMILES string of the molecule is NS(=O)(=O)c1cc(C(=O)N2CC3CCC2C3)cs1. The van der Waals surface area contributed by atoms with Crippen molar-refractivity contribution < 1.29 is 13.2 Å². The van der Waals surface area contributed by atoms with Crippen molar-refractivity contribution in [1.29, 1.82) is 0 Å². The number of rotatable bonds is 2. The van der Waals surface area contributed by atoms with Crippen LogP contribution in [0.2, 0.25) is 0 Å². The fourth-order valence-corrected chi connectivity index (χ4v) is 4.50. The molecule has 2 atom stereocenters. The summed E-state index contributed by atoms with van der Waals surface area (Å²) in [5.41, 5.74) is 0.441. The Balaban J connectivity index is 1.83. The highest BCUT2D eigenvalue weighted by molar-refractivity contribution is 7.91. The summed E-state index contributed by atoms with van der Waals surface area (Å²) in [7, 11) is -3.70. The molecule has 2 N–H and O–H groups in total. The Labute approximate surface area is 110 Å². The zero-order valence-electron chi connectivity index (χ0n) is 9.70. The standard InChI is InChI=1S/C11H14N2O3S2/c12-18(15,16)10-4-8(6-17-10)11(14)13-5-7-1-2-9(13)3-7/h4,6-7,9H,1-3,5H2,(H2,12,15,16). The van der Waals surface area contributed by atoms with Crippen LogP contribution in [0.4, 0.5) is 0 Å². The number of carbonyl (C=O) groups is 1. The van der Waals surface area contributed by atoms with Crippen LogP contribution in [-0.4, -0.2) is 31.8 Å². The molecule has 2 aliphatic rings. The summed E-state index contributed by atoms with van der Waals surface area (Å²) < 4.78 is 22.4. The fourth-order valence-electron chi connectivity index (χ4n) is 2.92. The molecule has 98 valence electrons. The van der Waals surface area contributed by atoms with E-state index in [1.54, 1.807) is 5.38 Å². The molecular formula is C11H14N2O3S2. The summed E-state index contributed by atoms with van der Waals surface area (Å²) in [6.07, 6.45) is 3.38. The number of primary sulfonamides is 1. The number of hydrogen-bond donors (Lipinski definition) is 1. The van der Waals surface area contributed by atoms with Gasteiger partial charge in [0.1, 0.15) is 4.21 Å². The van der Waals surface area contributed by atoms with Crippen LogP contribution in [0.5, 0.6) is 0 Å². The number of likely N-dealkylation sites (tertiary alicyclic amines) is 1. The zero-order valence-corrected chi connectivity index (χ0v) is 11.3. The van der Waals surface area contributed by atoms with E-state index in [0.29, 0.717) is 17.5 Å². The fraction of sp³-hybridized carbons (Fsp3) is 0.545. The van der Waals surface area contributed by atoms with Gasteiger partial charge in [0.2, 0.25) is 10.0 Å². The minimum atomic E-state index is -3.70. The quantitative estimate of drug-likeness (QED) is 0.881. The third-order valence-electron chi connectivity index (χ3n) is 3.77. The number of carbonyl (C=O) groups excluding carboxylic acids is 1. The monoisotopic (exact) mass is 286 g/mol. The smallest absolute Gasteiger partial charge is 0.255 e. The summed E-state index contributed by atoms with van der Waals surface area (Å²) in [6, 6.07) is 1.73. The number of nitrogens with zero attached hydrogens (tertiary/aromatic N) is 1. The molecule has 0 aromatic carbocycles. The summed E-state index contributed by atoms with van der Waals surface area (Å²) >= 11 is 1.00. The maximum absolute atomic E-state index is 12.3. The Kier molecular flexibility index (Phi) is 2.72. The number of thiophene rings is 1. The lowest BCUT2D eigenvalue weighted by Crippen LogP contribution is -2.37. The molecule has 2 unspecified atom stereocenters. The molecular weight excluding hydrogens is 272 g/mol. The lowest BCUT2D eigenvalue weighted by molar-refractivity contribution is 0.0704. The van der Waals surface area contributed by atoms with Crippen molar-refractivity contribution in [2.75, 3.05) is 6.54 Å². The van der Waals surface area contributed by atoms with Crippen LogP contribution < -0.4 is 5.14 Å². The average molecular weight is 286 g/mol. The average Bonchev–Trinajstić information content (AvgIpc) is 3.02. The molecule has 2 fully saturated rings. The number of amides is 1. The second kappa shape index (κ2) is 4.04. The van der Waals surface area contributed by atoms with Crippen molar-refractivity contribution in [3.8, 4) is 0 Å². The number of piperidine rings is 1. The van der Waals surface area contributed by atoms with Crippen LogP contribution in [0.15, 0.2) is 15.7 Å². The maximum atomic E-state index is 12.3. The molecule has 1 amide bonds. The van der Waals surface area contributed by atoms with Gasteiger partial charge in [-0.2, -0.15) is 0 Å².